The Bertz CT molecular complexity index is 747. The van der Waals surface area contributed by atoms with Gasteiger partial charge in [-0.25, -0.2) is 0 Å². The third-order valence-electron chi connectivity index (χ3n) is 9.08. The Kier molecular flexibility index (Phi) is 20.1. The second-order valence-corrected chi connectivity index (χ2v) is 16.4. The van der Waals surface area contributed by atoms with Crippen LogP contribution in [-0.4, -0.2) is 42.6 Å². The number of hydrogen-bond donors (Lipinski definition) is 0. The monoisotopic (exact) mass is 552 g/mol. The molecule has 0 aliphatic rings. The Labute approximate surface area is 241 Å². The van der Waals surface area contributed by atoms with Crippen molar-refractivity contribution < 1.29 is 0 Å². The Morgan fingerprint density at radius 2 is 1.47 bits per heavy atom. The molecule has 4 heteroatoms. The number of aliphatic imine (C=N–C) groups is 2. The maximum absolute atomic E-state index is 5.45. The van der Waals surface area contributed by atoms with Gasteiger partial charge in [0.15, 0.2) is 0 Å². The molecule has 3 nitrogen and oxygen atoms in total. The largest absolute Gasteiger partial charge is 0.297 e. The van der Waals surface area contributed by atoms with Gasteiger partial charge in [-0.05, 0) is 74.4 Å². The van der Waals surface area contributed by atoms with E-state index in [4.69, 9.17) is 14.7 Å². The molecule has 4 unspecified atom stereocenters. The van der Waals surface area contributed by atoms with E-state index in [0.29, 0.717) is 11.5 Å². The van der Waals surface area contributed by atoms with Crippen LogP contribution in [0.2, 0.25) is 0 Å². The first-order valence-corrected chi connectivity index (χ1v) is 18.1. The lowest BCUT2D eigenvalue weighted by atomic mass is 9.70. The van der Waals surface area contributed by atoms with Crippen LogP contribution in [0.25, 0.3) is 0 Å². The van der Waals surface area contributed by atoms with Crippen LogP contribution in [0.5, 0.6) is 0 Å². The van der Waals surface area contributed by atoms with Crippen LogP contribution in [0, 0.1) is 16.7 Å². The van der Waals surface area contributed by atoms with Gasteiger partial charge in [-0.2, -0.15) is 0 Å². The van der Waals surface area contributed by atoms with Crippen molar-refractivity contribution in [2.45, 2.75) is 160 Å². The smallest absolute Gasteiger partial charge is 0.0628 e. The molecule has 4 atom stereocenters. The molecule has 0 fully saturated rings. The summed E-state index contributed by atoms with van der Waals surface area (Å²) < 4.78 is 5.45. The van der Waals surface area contributed by atoms with Gasteiger partial charge in [0.2, 0.25) is 0 Å². The van der Waals surface area contributed by atoms with Crippen molar-refractivity contribution in [3.63, 3.8) is 0 Å². The maximum Gasteiger partial charge on any atom is 0.0628 e. The van der Waals surface area contributed by atoms with Crippen molar-refractivity contribution in [2.24, 2.45) is 31.5 Å². The van der Waals surface area contributed by atoms with Crippen molar-refractivity contribution in [3.05, 3.63) is 12.2 Å². The predicted molar refractivity (Wildman–Crippen MR) is 181 cm³/mol. The van der Waals surface area contributed by atoms with E-state index in [9.17, 15) is 0 Å². The zero-order valence-corrected chi connectivity index (χ0v) is 29.5. The minimum absolute atomic E-state index is 0.0833. The minimum Gasteiger partial charge on any atom is -0.297 e. The fourth-order valence-electron chi connectivity index (χ4n) is 4.42. The number of nitrogens with zero attached hydrogens (tertiary/aromatic N) is 3. The average molecular weight is 552 g/mol. The first-order chi connectivity index (χ1) is 17.6. The molecule has 0 saturated carbocycles. The van der Waals surface area contributed by atoms with E-state index in [2.05, 4.69) is 116 Å². The van der Waals surface area contributed by atoms with Crippen LogP contribution in [0.15, 0.2) is 26.9 Å². The molecule has 0 aromatic carbocycles. The molecule has 0 radical (unpaired) electrons. The van der Waals surface area contributed by atoms with Crippen molar-refractivity contribution in [3.8, 4) is 0 Å². The van der Waals surface area contributed by atoms with Crippen LogP contribution in [-0.2, 0) is 0 Å². The van der Waals surface area contributed by atoms with E-state index in [-0.39, 0.29) is 11.0 Å². The lowest BCUT2D eigenvalue weighted by Gasteiger charge is -2.40. The molecule has 0 aliphatic heterocycles. The summed E-state index contributed by atoms with van der Waals surface area (Å²) in [5, 5.41) is 0. The normalized spacial score (nSPS) is 17.4. The van der Waals surface area contributed by atoms with E-state index < -0.39 is 7.05 Å². The van der Waals surface area contributed by atoms with Crippen molar-refractivity contribution >= 4 is 19.2 Å². The summed E-state index contributed by atoms with van der Waals surface area (Å²) in [6.45, 7) is 37.4. The van der Waals surface area contributed by atoms with E-state index in [1.54, 1.807) is 0 Å². The van der Waals surface area contributed by atoms with Crippen LogP contribution < -0.4 is 0 Å². The highest BCUT2D eigenvalue weighted by Gasteiger charge is 2.37. The highest BCUT2D eigenvalue weighted by Crippen LogP contribution is 2.49. The molecule has 226 valence electrons. The third kappa shape index (κ3) is 14.1. The Morgan fingerprint density at radius 1 is 0.895 bits per heavy atom. The van der Waals surface area contributed by atoms with E-state index >= 15 is 0 Å². The first-order valence-electron chi connectivity index (χ1n) is 15.9. The molecular weight excluding hydrogens is 481 g/mol. The summed E-state index contributed by atoms with van der Waals surface area (Å²) in [5.41, 5.74) is 1.55. The van der Waals surface area contributed by atoms with Crippen LogP contribution in [0.1, 0.15) is 148 Å². The van der Waals surface area contributed by atoms with Crippen LogP contribution in [0.3, 0.4) is 0 Å². The summed E-state index contributed by atoms with van der Waals surface area (Å²) in [4.78, 5) is 10.1. The van der Waals surface area contributed by atoms with Crippen LogP contribution in [0.4, 0.5) is 0 Å². The highest BCUT2D eigenvalue weighted by molar-refractivity contribution is 7.80. The van der Waals surface area contributed by atoms with Crippen molar-refractivity contribution in [2.75, 3.05) is 18.9 Å². The summed E-state index contributed by atoms with van der Waals surface area (Å²) in [6.07, 6.45) is 13.3. The van der Waals surface area contributed by atoms with E-state index in [1.807, 2.05) is 0 Å². The molecule has 0 aromatic heterocycles. The van der Waals surface area contributed by atoms with Gasteiger partial charge < -0.3 is 0 Å². The summed E-state index contributed by atoms with van der Waals surface area (Å²) in [5.74, 6) is 3.01. The lowest BCUT2D eigenvalue weighted by molar-refractivity contribution is 0.173. The molecule has 0 spiro atoms. The highest BCUT2D eigenvalue weighted by atomic mass is 31.2. The number of hydrogen-bond acceptors (Lipinski definition) is 3. The molecule has 0 aliphatic carbocycles. The molecule has 0 N–H and O–H groups in total. The van der Waals surface area contributed by atoms with Gasteiger partial charge in [0.25, 0.3) is 0 Å². The molecule has 0 aromatic rings. The molecule has 0 rings (SSSR count). The van der Waals surface area contributed by atoms with E-state index in [1.165, 1.54) is 19.3 Å². The molecule has 0 amide bonds. The van der Waals surface area contributed by atoms with Crippen LogP contribution >= 0.6 is 7.05 Å². The Hall–Kier alpha value is -0.690. The number of allylic oxidation sites excluding steroid dienone is 1. The fourth-order valence-corrected chi connectivity index (χ4v) is 7.67. The number of rotatable bonds is 18. The molecular formula is C34H70N3P. The standard InChI is InChI=1S/C31H62N3P.C3H8/c1-14-22-35(25-32-28(8)16-3,34-21-19-20-29(9,10)27(7)15-2)24-26(6)23-33-31(13,18-5)30(11,12)17-4;1-3-2/h23,25,27-28H,6,14-22,24H2,1-5,7-13H3;3H2,1-2H3. The quantitative estimate of drug-likeness (QED) is 0.0922. The van der Waals surface area contributed by atoms with Gasteiger partial charge in [-0.3, -0.25) is 14.7 Å². The van der Waals surface area contributed by atoms with Gasteiger partial charge in [0.1, 0.15) is 0 Å². The van der Waals surface area contributed by atoms with Gasteiger partial charge in [0.05, 0.1) is 5.54 Å². The second kappa shape index (κ2) is 19.4. The summed E-state index contributed by atoms with van der Waals surface area (Å²) >= 11 is 0. The second-order valence-electron chi connectivity index (χ2n) is 13.1. The topological polar surface area (TPSA) is 37.1 Å². The zero-order valence-electron chi connectivity index (χ0n) is 28.6. The zero-order chi connectivity index (χ0) is 30.0. The average Bonchev–Trinajstić information content (AvgIpc) is 2.88. The maximum atomic E-state index is 5.45. The Morgan fingerprint density at radius 3 is 1.92 bits per heavy atom. The SMILES string of the molecule is C=C(C=NC(C)(CC)C(C)(C)CC)CP(C=NC(C)CC)(CCC)=NCCCC(C)(C)C(C)CC.CCC. The van der Waals surface area contributed by atoms with Crippen molar-refractivity contribution in [1.29, 1.82) is 0 Å². The van der Waals surface area contributed by atoms with E-state index in [0.717, 1.165) is 62.5 Å². The summed E-state index contributed by atoms with van der Waals surface area (Å²) in [7, 11) is -1.73. The molecule has 0 bridgehead atoms. The van der Waals surface area contributed by atoms with Crippen molar-refractivity contribution in [1.82, 2.24) is 0 Å². The van der Waals surface area contributed by atoms with Gasteiger partial charge in [-0.15, -0.1) is 0 Å². The summed E-state index contributed by atoms with van der Waals surface area (Å²) in [6, 6.07) is 0.349. The van der Waals surface area contributed by atoms with Gasteiger partial charge in [-0.1, -0.05) is 109 Å². The third-order valence-corrected chi connectivity index (χ3v) is 12.6. The fraction of sp³-hybridized carbons (Fsp3) is 0.882. The molecule has 0 saturated heterocycles. The predicted octanol–water partition coefficient (Wildman–Crippen LogP) is 11.9. The Balaban J connectivity index is 0. The molecule has 38 heavy (non-hydrogen) atoms. The lowest BCUT2D eigenvalue weighted by Crippen LogP contribution is -2.39. The van der Waals surface area contributed by atoms with Gasteiger partial charge in [0, 0.05) is 38.0 Å². The first kappa shape index (κ1) is 39.5. The molecule has 0 heterocycles. The van der Waals surface area contributed by atoms with Gasteiger partial charge >= 0.3 is 0 Å². The minimum atomic E-state index is -1.73.